The summed E-state index contributed by atoms with van der Waals surface area (Å²) < 4.78 is 31.4. The highest BCUT2D eigenvalue weighted by Crippen LogP contribution is 2.28. The standard InChI is InChI=1S/C14H10F2O3/c1-8-6-9(15)2-4-12(8)19-13-5-3-10(16)7-11(13)14(17)18/h2-7H,1H3,(H,17,18). The number of aryl methyl sites for hydroxylation is 1. The van der Waals surface area contributed by atoms with E-state index in [0.29, 0.717) is 11.3 Å². The van der Waals surface area contributed by atoms with Gasteiger partial charge in [0.1, 0.15) is 28.7 Å². The number of hydrogen-bond acceptors (Lipinski definition) is 2. The normalized spacial score (nSPS) is 10.3. The van der Waals surface area contributed by atoms with Gasteiger partial charge in [0.2, 0.25) is 0 Å². The lowest BCUT2D eigenvalue weighted by Crippen LogP contribution is -2.01. The molecular formula is C14H10F2O3. The van der Waals surface area contributed by atoms with Crippen LogP contribution in [0.15, 0.2) is 36.4 Å². The number of halogens is 2. The second-order valence-corrected chi connectivity index (χ2v) is 3.96. The summed E-state index contributed by atoms with van der Waals surface area (Å²) in [4.78, 5) is 11.0. The minimum absolute atomic E-state index is 0.00334. The molecule has 0 aliphatic heterocycles. The van der Waals surface area contributed by atoms with Gasteiger partial charge in [0.05, 0.1) is 0 Å². The van der Waals surface area contributed by atoms with Crippen molar-refractivity contribution in [1.82, 2.24) is 0 Å². The van der Waals surface area contributed by atoms with E-state index in [4.69, 9.17) is 9.84 Å². The van der Waals surface area contributed by atoms with Gasteiger partial charge in [0.15, 0.2) is 0 Å². The minimum atomic E-state index is -1.30. The van der Waals surface area contributed by atoms with E-state index in [1.54, 1.807) is 6.92 Å². The number of carboxylic acid groups (broad SMARTS) is 1. The molecule has 0 radical (unpaired) electrons. The molecule has 2 rings (SSSR count). The summed E-state index contributed by atoms with van der Waals surface area (Å²) in [5, 5.41) is 8.97. The van der Waals surface area contributed by atoms with E-state index in [0.717, 1.165) is 12.1 Å². The summed E-state index contributed by atoms with van der Waals surface area (Å²) in [6.07, 6.45) is 0. The topological polar surface area (TPSA) is 46.5 Å². The molecule has 0 saturated carbocycles. The highest BCUT2D eigenvalue weighted by Gasteiger charge is 2.14. The molecule has 0 spiro atoms. The lowest BCUT2D eigenvalue weighted by Gasteiger charge is -2.11. The maximum absolute atomic E-state index is 13.0. The van der Waals surface area contributed by atoms with Crippen molar-refractivity contribution >= 4 is 5.97 Å². The number of hydrogen-bond donors (Lipinski definition) is 1. The molecule has 0 saturated heterocycles. The van der Waals surface area contributed by atoms with Crippen LogP contribution >= 0.6 is 0 Å². The van der Waals surface area contributed by atoms with Crippen LogP contribution in [0.4, 0.5) is 8.78 Å². The van der Waals surface area contributed by atoms with E-state index in [-0.39, 0.29) is 11.3 Å². The van der Waals surface area contributed by atoms with Gasteiger partial charge < -0.3 is 9.84 Å². The highest BCUT2D eigenvalue weighted by molar-refractivity contribution is 5.91. The van der Waals surface area contributed by atoms with Crippen molar-refractivity contribution in [2.75, 3.05) is 0 Å². The molecule has 19 heavy (non-hydrogen) atoms. The highest BCUT2D eigenvalue weighted by atomic mass is 19.1. The zero-order chi connectivity index (χ0) is 14.0. The summed E-state index contributed by atoms with van der Waals surface area (Å²) in [5.74, 6) is -2.06. The molecular weight excluding hydrogens is 254 g/mol. The van der Waals surface area contributed by atoms with Crippen molar-refractivity contribution in [1.29, 1.82) is 0 Å². The minimum Gasteiger partial charge on any atom is -0.478 e. The number of carboxylic acids is 1. The molecule has 1 N–H and O–H groups in total. The van der Waals surface area contributed by atoms with Gasteiger partial charge in [-0.3, -0.25) is 0 Å². The number of carbonyl (C=O) groups is 1. The third-order valence-corrected chi connectivity index (χ3v) is 2.53. The SMILES string of the molecule is Cc1cc(F)ccc1Oc1ccc(F)cc1C(=O)O. The van der Waals surface area contributed by atoms with Crippen LogP contribution in [0.1, 0.15) is 15.9 Å². The van der Waals surface area contributed by atoms with Gasteiger partial charge in [-0.2, -0.15) is 0 Å². The molecule has 0 atom stereocenters. The van der Waals surface area contributed by atoms with E-state index in [9.17, 15) is 13.6 Å². The first kappa shape index (κ1) is 13.0. The third-order valence-electron chi connectivity index (χ3n) is 2.53. The first-order valence-corrected chi connectivity index (χ1v) is 5.44. The summed E-state index contributed by atoms with van der Waals surface area (Å²) in [5.41, 5.74) is 0.226. The zero-order valence-corrected chi connectivity index (χ0v) is 9.98. The van der Waals surface area contributed by atoms with Gasteiger partial charge in [-0.15, -0.1) is 0 Å². The zero-order valence-electron chi connectivity index (χ0n) is 9.98. The van der Waals surface area contributed by atoms with Crippen LogP contribution in [0.3, 0.4) is 0 Å². The van der Waals surface area contributed by atoms with Crippen molar-refractivity contribution in [3.05, 3.63) is 59.2 Å². The second-order valence-electron chi connectivity index (χ2n) is 3.96. The lowest BCUT2D eigenvalue weighted by atomic mass is 10.2. The van der Waals surface area contributed by atoms with Crippen LogP contribution in [-0.4, -0.2) is 11.1 Å². The molecule has 0 fully saturated rings. The molecule has 0 aromatic heterocycles. The van der Waals surface area contributed by atoms with Crippen molar-refractivity contribution in [3.63, 3.8) is 0 Å². The fraction of sp³-hybridized carbons (Fsp3) is 0.0714. The third kappa shape index (κ3) is 2.88. The Balaban J connectivity index is 2.40. The summed E-state index contributed by atoms with van der Waals surface area (Å²) in [6, 6.07) is 7.05. The molecule has 2 aromatic carbocycles. The van der Waals surface area contributed by atoms with E-state index < -0.39 is 17.6 Å². The van der Waals surface area contributed by atoms with Crippen molar-refractivity contribution < 1.29 is 23.4 Å². The Kier molecular flexibility index (Phi) is 3.46. The molecule has 0 amide bonds. The molecule has 0 heterocycles. The smallest absolute Gasteiger partial charge is 0.339 e. The predicted octanol–water partition coefficient (Wildman–Crippen LogP) is 3.76. The maximum Gasteiger partial charge on any atom is 0.339 e. The molecule has 0 aliphatic carbocycles. The molecule has 0 unspecified atom stereocenters. The lowest BCUT2D eigenvalue weighted by molar-refractivity contribution is 0.0693. The number of rotatable bonds is 3. The van der Waals surface area contributed by atoms with Crippen molar-refractivity contribution in [2.45, 2.75) is 6.92 Å². The summed E-state index contributed by atoms with van der Waals surface area (Å²) in [7, 11) is 0. The molecule has 98 valence electrons. The number of ether oxygens (including phenoxy) is 1. The van der Waals surface area contributed by atoms with Crippen LogP contribution in [0.5, 0.6) is 11.5 Å². The van der Waals surface area contributed by atoms with E-state index in [2.05, 4.69) is 0 Å². The van der Waals surface area contributed by atoms with Crippen LogP contribution in [-0.2, 0) is 0 Å². The fourth-order valence-electron chi connectivity index (χ4n) is 1.60. The Hall–Kier alpha value is -2.43. The Labute approximate surface area is 108 Å². The van der Waals surface area contributed by atoms with Crippen LogP contribution in [0.2, 0.25) is 0 Å². The number of benzene rings is 2. The van der Waals surface area contributed by atoms with Crippen LogP contribution in [0.25, 0.3) is 0 Å². The van der Waals surface area contributed by atoms with E-state index in [1.165, 1.54) is 24.3 Å². The largest absolute Gasteiger partial charge is 0.478 e. The molecule has 0 bridgehead atoms. The van der Waals surface area contributed by atoms with Crippen molar-refractivity contribution in [3.8, 4) is 11.5 Å². The second kappa shape index (κ2) is 5.06. The number of aromatic carboxylic acids is 1. The monoisotopic (exact) mass is 264 g/mol. The van der Waals surface area contributed by atoms with Gasteiger partial charge in [-0.25, -0.2) is 13.6 Å². The first-order chi connectivity index (χ1) is 8.97. The van der Waals surface area contributed by atoms with Gasteiger partial charge >= 0.3 is 5.97 Å². The summed E-state index contributed by atoms with van der Waals surface area (Å²) in [6.45, 7) is 1.63. The van der Waals surface area contributed by atoms with Gasteiger partial charge in [0.25, 0.3) is 0 Å². The quantitative estimate of drug-likeness (QED) is 0.918. The Morgan fingerprint density at radius 1 is 1.05 bits per heavy atom. The Morgan fingerprint density at radius 2 is 1.63 bits per heavy atom. The average Bonchev–Trinajstić information content (AvgIpc) is 2.34. The molecule has 0 aliphatic rings. The van der Waals surface area contributed by atoms with E-state index >= 15 is 0 Å². The first-order valence-electron chi connectivity index (χ1n) is 5.44. The van der Waals surface area contributed by atoms with Gasteiger partial charge in [-0.1, -0.05) is 0 Å². The molecule has 5 heteroatoms. The Morgan fingerprint density at radius 3 is 2.21 bits per heavy atom. The van der Waals surface area contributed by atoms with E-state index in [1.807, 2.05) is 0 Å². The predicted molar refractivity (Wildman–Crippen MR) is 64.6 cm³/mol. The maximum atomic E-state index is 13.0. The Bertz CT molecular complexity index is 639. The average molecular weight is 264 g/mol. The fourth-order valence-corrected chi connectivity index (χ4v) is 1.60. The van der Waals surface area contributed by atoms with Gasteiger partial charge in [-0.05, 0) is 48.9 Å². The van der Waals surface area contributed by atoms with Crippen LogP contribution < -0.4 is 4.74 Å². The van der Waals surface area contributed by atoms with Crippen molar-refractivity contribution in [2.24, 2.45) is 0 Å². The van der Waals surface area contributed by atoms with Crippen LogP contribution in [0, 0.1) is 18.6 Å². The van der Waals surface area contributed by atoms with Gasteiger partial charge in [0, 0.05) is 0 Å². The molecule has 3 nitrogen and oxygen atoms in total. The summed E-state index contributed by atoms with van der Waals surface area (Å²) >= 11 is 0. The molecule has 2 aromatic rings.